The number of nitrogens with zero attached hydrogens (tertiary/aromatic N) is 3. The second-order valence-corrected chi connectivity index (χ2v) is 7.89. The normalized spacial score (nSPS) is 11.2. The monoisotopic (exact) mass is 436 g/mol. The van der Waals surface area contributed by atoms with Gasteiger partial charge in [0.15, 0.2) is 5.82 Å². The Morgan fingerprint density at radius 3 is 2.65 bits per heavy atom. The number of aromatic nitrogens is 3. The molecule has 8 heteroatoms. The highest BCUT2D eigenvalue weighted by Gasteiger charge is 2.18. The summed E-state index contributed by atoms with van der Waals surface area (Å²) in [6.07, 6.45) is 0. The first kappa shape index (κ1) is 20.8. The maximum atomic E-state index is 12.9. The molecule has 0 saturated carbocycles. The van der Waals surface area contributed by atoms with Crippen molar-refractivity contribution < 1.29 is 9.32 Å². The van der Waals surface area contributed by atoms with E-state index in [4.69, 9.17) is 16.1 Å². The van der Waals surface area contributed by atoms with Crippen molar-refractivity contribution in [2.75, 3.05) is 0 Å². The zero-order chi connectivity index (χ0) is 22.0. The van der Waals surface area contributed by atoms with Gasteiger partial charge in [0.25, 0.3) is 11.4 Å². The van der Waals surface area contributed by atoms with Crippen LogP contribution in [-0.4, -0.2) is 20.6 Å². The molecule has 1 amide bonds. The topological polar surface area (TPSA) is 90.0 Å². The van der Waals surface area contributed by atoms with Crippen LogP contribution in [0.3, 0.4) is 0 Å². The Balaban J connectivity index is 1.64. The molecule has 0 fully saturated rings. The fourth-order valence-corrected chi connectivity index (χ4v) is 3.49. The molecule has 0 aliphatic rings. The van der Waals surface area contributed by atoms with Gasteiger partial charge in [-0.1, -0.05) is 67.0 Å². The molecular weight excluding hydrogens is 416 g/mol. The molecule has 0 bridgehead atoms. The van der Waals surface area contributed by atoms with E-state index in [2.05, 4.69) is 15.5 Å². The number of nitrogens with one attached hydrogen (secondary N) is 1. The number of hydrogen-bond acceptors (Lipinski definition) is 5. The largest absolute Gasteiger partial charge is 0.350 e. The van der Waals surface area contributed by atoms with Gasteiger partial charge in [0.2, 0.25) is 5.91 Å². The second-order valence-electron chi connectivity index (χ2n) is 7.48. The van der Waals surface area contributed by atoms with E-state index in [0.717, 1.165) is 10.9 Å². The molecule has 0 unspecified atom stereocenters. The van der Waals surface area contributed by atoms with Gasteiger partial charge in [-0.05, 0) is 17.7 Å². The number of hydrogen-bond donors (Lipinski definition) is 1. The third-order valence-corrected chi connectivity index (χ3v) is 5.31. The Labute approximate surface area is 183 Å². The predicted octanol–water partition coefficient (Wildman–Crippen LogP) is 4.14. The molecule has 2 aromatic heterocycles. The van der Waals surface area contributed by atoms with E-state index in [-0.39, 0.29) is 36.4 Å². The number of carbonyl (C=O) groups is 1. The molecule has 2 aromatic carbocycles. The SMILES string of the molecule is CC(C)c1noc(-c2cc(=O)n(CC(=O)NCc3ccccc3Cl)c3ccccc23)n1. The summed E-state index contributed by atoms with van der Waals surface area (Å²) in [5, 5.41) is 8.14. The summed E-state index contributed by atoms with van der Waals surface area (Å²) in [6, 6.07) is 16.1. The first-order chi connectivity index (χ1) is 14.9. The van der Waals surface area contributed by atoms with Crippen LogP contribution in [0.5, 0.6) is 0 Å². The molecule has 0 aliphatic heterocycles. The quantitative estimate of drug-likeness (QED) is 0.490. The van der Waals surface area contributed by atoms with E-state index in [9.17, 15) is 9.59 Å². The fourth-order valence-electron chi connectivity index (χ4n) is 3.29. The molecule has 7 nitrogen and oxygen atoms in total. The van der Waals surface area contributed by atoms with Gasteiger partial charge >= 0.3 is 0 Å². The molecule has 158 valence electrons. The van der Waals surface area contributed by atoms with E-state index in [1.807, 2.05) is 50.2 Å². The molecule has 4 aromatic rings. The highest BCUT2D eigenvalue weighted by molar-refractivity contribution is 6.31. The van der Waals surface area contributed by atoms with Crippen LogP contribution >= 0.6 is 11.6 Å². The molecule has 0 atom stereocenters. The molecule has 0 spiro atoms. The third kappa shape index (κ3) is 4.36. The lowest BCUT2D eigenvalue weighted by atomic mass is 10.1. The molecule has 0 radical (unpaired) electrons. The van der Waals surface area contributed by atoms with Crippen LogP contribution in [0.25, 0.3) is 22.4 Å². The minimum atomic E-state index is -0.328. The van der Waals surface area contributed by atoms with Gasteiger partial charge in [0.1, 0.15) is 6.54 Å². The third-order valence-electron chi connectivity index (χ3n) is 4.94. The van der Waals surface area contributed by atoms with Gasteiger partial charge < -0.3 is 9.84 Å². The predicted molar refractivity (Wildman–Crippen MR) is 119 cm³/mol. The van der Waals surface area contributed by atoms with Gasteiger partial charge in [-0.3, -0.25) is 14.2 Å². The summed E-state index contributed by atoms with van der Waals surface area (Å²) in [4.78, 5) is 29.9. The Hall–Kier alpha value is -3.45. The van der Waals surface area contributed by atoms with Gasteiger partial charge in [-0.15, -0.1) is 0 Å². The van der Waals surface area contributed by atoms with Crippen molar-refractivity contribution in [3.8, 4) is 11.5 Å². The second kappa shape index (κ2) is 8.73. The number of halogens is 1. The van der Waals surface area contributed by atoms with Crippen molar-refractivity contribution in [3.05, 3.63) is 81.4 Å². The standard InChI is InChI=1S/C23H21ClN4O3/c1-14(2)22-26-23(31-27-22)17-11-21(30)28(19-10-6-4-8-16(17)19)13-20(29)25-12-15-7-3-5-9-18(15)24/h3-11,14H,12-13H2,1-2H3,(H,25,29). The lowest BCUT2D eigenvalue weighted by Gasteiger charge is -2.12. The Morgan fingerprint density at radius 2 is 1.90 bits per heavy atom. The summed E-state index contributed by atoms with van der Waals surface area (Å²) in [7, 11) is 0. The summed E-state index contributed by atoms with van der Waals surface area (Å²) >= 11 is 6.14. The smallest absolute Gasteiger partial charge is 0.258 e. The van der Waals surface area contributed by atoms with Crippen LogP contribution in [0.4, 0.5) is 0 Å². The number of para-hydroxylation sites is 1. The van der Waals surface area contributed by atoms with E-state index < -0.39 is 0 Å². The van der Waals surface area contributed by atoms with Crippen molar-refractivity contribution in [2.45, 2.75) is 32.9 Å². The Bertz CT molecular complexity index is 1310. The van der Waals surface area contributed by atoms with Gasteiger partial charge in [0.05, 0.1) is 11.1 Å². The van der Waals surface area contributed by atoms with Crippen molar-refractivity contribution in [3.63, 3.8) is 0 Å². The van der Waals surface area contributed by atoms with Crippen LogP contribution in [0, 0.1) is 0 Å². The van der Waals surface area contributed by atoms with Gasteiger partial charge in [0, 0.05) is 28.9 Å². The summed E-state index contributed by atoms with van der Waals surface area (Å²) in [5.41, 5.74) is 1.64. The Morgan fingerprint density at radius 1 is 1.16 bits per heavy atom. The van der Waals surface area contributed by atoms with Gasteiger partial charge in [-0.2, -0.15) is 4.98 Å². The van der Waals surface area contributed by atoms with E-state index in [1.54, 1.807) is 12.1 Å². The van der Waals surface area contributed by atoms with E-state index in [1.165, 1.54) is 10.6 Å². The number of amides is 1. The average molecular weight is 437 g/mol. The van der Waals surface area contributed by atoms with Crippen LogP contribution in [-0.2, 0) is 17.9 Å². The number of rotatable bonds is 6. The number of carbonyl (C=O) groups excluding carboxylic acids is 1. The summed E-state index contributed by atoms with van der Waals surface area (Å²) < 4.78 is 6.82. The maximum absolute atomic E-state index is 12.9. The minimum Gasteiger partial charge on any atom is -0.350 e. The molecule has 2 heterocycles. The Kier molecular flexibility index (Phi) is 5.86. The molecule has 31 heavy (non-hydrogen) atoms. The zero-order valence-corrected chi connectivity index (χ0v) is 17.9. The highest BCUT2D eigenvalue weighted by Crippen LogP contribution is 2.27. The minimum absolute atomic E-state index is 0.103. The number of pyridine rings is 1. The lowest BCUT2D eigenvalue weighted by molar-refractivity contribution is -0.121. The number of benzene rings is 2. The van der Waals surface area contributed by atoms with Crippen LogP contribution < -0.4 is 10.9 Å². The van der Waals surface area contributed by atoms with Crippen LogP contribution in [0.15, 0.2) is 63.9 Å². The molecule has 4 rings (SSSR count). The van der Waals surface area contributed by atoms with Crippen molar-refractivity contribution >= 4 is 28.4 Å². The molecule has 0 aliphatic carbocycles. The van der Waals surface area contributed by atoms with Crippen molar-refractivity contribution in [2.24, 2.45) is 0 Å². The lowest BCUT2D eigenvalue weighted by Crippen LogP contribution is -2.32. The highest BCUT2D eigenvalue weighted by atomic mass is 35.5. The first-order valence-electron chi connectivity index (χ1n) is 9.90. The van der Waals surface area contributed by atoms with Crippen molar-refractivity contribution in [1.82, 2.24) is 20.0 Å². The maximum Gasteiger partial charge on any atom is 0.258 e. The van der Waals surface area contributed by atoms with E-state index in [0.29, 0.717) is 21.9 Å². The molecule has 0 saturated heterocycles. The van der Waals surface area contributed by atoms with Gasteiger partial charge in [-0.25, -0.2) is 0 Å². The van der Waals surface area contributed by atoms with Crippen LogP contribution in [0.2, 0.25) is 5.02 Å². The summed E-state index contributed by atoms with van der Waals surface area (Å²) in [5.74, 6) is 0.667. The molecule has 1 N–H and O–H groups in total. The zero-order valence-electron chi connectivity index (χ0n) is 17.1. The molecular formula is C23H21ClN4O3. The summed E-state index contributed by atoms with van der Waals surface area (Å²) in [6.45, 7) is 4.09. The van der Waals surface area contributed by atoms with Crippen LogP contribution in [0.1, 0.15) is 31.2 Å². The van der Waals surface area contributed by atoms with Crippen molar-refractivity contribution in [1.29, 1.82) is 0 Å². The first-order valence-corrected chi connectivity index (χ1v) is 10.3. The number of fused-ring (bicyclic) bond motifs is 1. The fraction of sp³-hybridized carbons (Fsp3) is 0.217. The van der Waals surface area contributed by atoms with E-state index >= 15 is 0 Å². The average Bonchev–Trinajstić information content (AvgIpc) is 3.25.